The summed E-state index contributed by atoms with van der Waals surface area (Å²) in [6.45, 7) is 3.28. The van der Waals surface area contributed by atoms with Crippen molar-refractivity contribution in [2.45, 2.75) is 25.7 Å². The molecule has 0 fully saturated rings. The second kappa shape index (κ2) is 7.79. The predicted molar refractivity (Wildman–Crippen MR) is 84.1 cm³/mol. The molecule has 112 valence electrons. The van der Waals surface area contributed by atoms with Crippen LogP contribution in [0.5, 0.6) is 5.75 Å². The van der Waals surface area contributed by atoms with Crippen molar-refractivity contribution < 1.29 is 9.13 Å². The summed E-state index contributed by atoms with van der Waals surface area (Å²) in [4.78, 5) is 0. The highest BCUT2D eigenvalue weighted by Gasteiger charge is 2.09. The number of ether oxygens (including phenoxy) is 1. The fourth-order valence-electron chi connectivity index (χ4n) is 2.34. The normalized spacial score (nSPS) is 12.1. The largest absolute Gasteiger partial charge is 0.493 e. The van der Waals surface area contributed by atoms with Crippen molar-refractivity contribution in [1.82, 2.24) is 0 Å². The maximum atomic E-state index is 13.0. The highest BCUT2D eigenvalue weighted by molar-refractivity contribution is 5.25. The van der Waals surface area contributed by atoms with Crippen LogP contribution in [0.2, 0.25) is 0 Å². The Bertz CT molecular complexity index is 553. The van der Waals surface area contributed by atoms with Crippen LogP contribution >= 0.6 is 0 Å². The van der Waals surface area contributed by atoms with Crippen LogP contribution in [0.25, 0.3) is 0 Å². The molecule has 0 aliphatic carbocycles. The van der Waals surface area contributed by atoms with Gasteiger partial charge in [0.25, 0.3) is 0 Å². The van der Waals surface area contributed by atoms with Crippen molar-refractivity contribution >= 4 is 0 Å². The molecule has 0 amide bonds. The molecule has 2 nitrogen and oxygen atoms in total. The third kappa shape index (κ3) is 4.87. The number of halogens is 1. The number of nitrogens with two attached hydrogens (primary N) is 1. The van der Waals surface area contributed by atoms with Crippen LogP contribution in [0.3, 0.4) is 0 Å². The molecule has 2 rings (SSSR count). The first-order valence-corrected chi connectivity index (χ1v) is 7.34. The summed E-state index contributed by atoms with van der Waals surface area (Å²) >= 11 is 0. The molecule has 0 bridgehead atoms. The molecular weight excluding hydrogens is 265 g/mol. The van der Waals surface area contributed by atoms with E-state index in [9.17, 15) is 4.39 Å². The van der Waals surface area contributed by atoms with Gasteiger partial charge in [0.2, 0.25) is 0 Å². The van der Waals surface area contributed by atoms with E-state index in [1.54, 1.807) is 12.1 Å². The molecule has 21 heavy (non-hydrogen) atoms. The second-order valence-corrected chi connectivity index (χ2v) is 5.29. The molecule has 2 aromatic carbocycles. The maximum Gasteiger partial charge on any atom is 0.126 e. The van der Waals surface area contributed by atoms with E-state index in [0.29, 0.717) is 24.8 Å². The minimum atomic E-state index is -0.271. The summed E-state index contributed by atoms with van der Waals surface area (Å²) < 4.78 is 18.6. The van der Waals surface area contributed by atoms with Gasteiger partial charge in [-0.05, 0) is 49.9 Å². The van der Waals surface area contributed by atoms with E-state index < -0.39 is 0 Å². The van der Waals surface area contributed by atoms with Gasteiger partial charge in [-0.3, -0.25) is 0 Å². The third-order valence-electron chi connectivity index (χ3n) is 3.60. The molecule has 0 heterocycles. The zero-order chi connectivity index (χ0) is 15.1. The first-order valence-electron chi connectivity index (χ1n) is 7.34. The van der Waals surface area contributed by atoms with Crippen molar-refractivity contribution in [2.24, 2.45) is 5.73 Å². The Morgan fingerprint density at radius 2 is 1.90 bits per heavy atom. The van der Waals surface area contributed by atoms with E-state index in [1.807, 2.05) is 0 Å². The molecular formula is C18H22FNO. The van der Waals surface area contributed by atoms with Gasteiger partial charge in [-0.25, -0.2) is 4.39 Å². The molecule has 2 aromatic rings. The van der Waals surface area contributed by atoms with Crippen molar-refractivity contribution in [2.75, 3.05) is 13.2 Å². The quantitative estimate of drug-likeness (QED) is 0.780. The number of benzene rings is 2. The van der Waals surface area contributed by atoms with E-state index in [2.05, 4.69) is 31.2 Å². The van der Waals surface area contributed by atoms with Crippen LogP contribution in [0, 0.1) is 12.7 Å². The molecule has 3 heteroatoms. The topological polar surface area (TPSA) is 35.2 Å². The summed E-state index contributed by atoms with van der Waals surface area (Å²) in [5.41, 5.74) is 8.39. The van der Waals surface area contributed by atoms with Gasteiger partial charge in [0.05, 0.1) is 6.61 Å². The third-order valence-corrected chi connectivity index (χ3v) is 3.60. The molecule has 0 spiro atoms. The number of hydrogen-bond acceptors (Lipinski definition) is 2. The van der Waals surface area contributed by atoms with Crippen LogP contribution < -0.4 is 10.5 Å². The molecule has 0 aliphatic heterocycles. The SMILES string of the molecule is Cc1ccc(C(CN)CCCOc2cccc(F)c2)cc1. The van der Waals surface area contributed by atoms with E-state index >= 15 is 0 Å². The van der Waals surface area contributed by atoms with E-state index in [1.165, 1.54) is 23.3 Å². The molecule has 0 radical (unpaired) electrons. The summed E-state index contributed by atoms with van der Waals surface area (Å²) in [6.07, 6.45) is 1.86. The molecule has 0 saturated carbocycles. The van der Waals surface area contributed by atoms with E-state index in [4.69, 9.17) is 10.5 Å². The molecule has 0 aromatic heterocycles. The molecule has 0 aliphatic rings. The Balaban J connectivity index is 1.79. The van der Waals surface area contributed by atoms with E-state index in [-0.39, 0.29) is 5.82 Å². The van der Waals surface area contributed by atoms with E-state index in [0.717, 1.165) is 12.8 Å². The fourth-order valence-corrected chi connectivity index (χ4v) is 2.34. The first-order chi connectivity index (χ1) is 10.2. The standard InChI is InChI=1S/C18H22FNO/c1-14-7-9-15(10-8-14)16(13-20)4-3-11-21-18-6-2-5-17(19)12-18/h2,5-10,12,16H,3-4,11,13,20H2,1H3. The van der Waals surface area contributed by atoms with Gasteiger partial charge in [-0.2, -0.15) is 0 Å². The van der Waals surface area contributed by atoms with Gasteiger partial charge in [-0.15, -0.1) is 0 Å². The van der Waals surface area contributed by atoms with Crippen LogP contribution in [0.15, 0.2) is 48.5 Å². The Labute approximate surface area is 125 Å². The maximum absolute atomic E-state index is 13.0. The minimum Gasteiger partial charge on any atom is -0.493 e. The Kier molecular flexibility index (Phi) is 5.76. The predicted octanol–water partition coefficient (Wildman–Crippen LogP) is 4.04. The average molecular weight is 287 g/mol. The minimum absolute atomic E-state index is 0.271. The van der Waals surface area contributed by atoms with Gasteiger partial charge in [-0.1, -0.05) is 35.9 Å². The van der Waals surface area contributed by atoms with Gasteiger partial charge < -0.3 is 10.5 Å². The highest BCUT2D eigenvalue weighted by Crippen LogP contribution is 2.21. The molecule has 1 unspecified atom stereocenters. The first kappa shape index (κ1) is 15.5. The van der Waals surface area contributed by atoms with Gasteiger partial charge in [0.15, 0.2) is 0 Å². The monoisotopic (exact) mass is 287 g/mol. The molecule has 2 N–H and O–H groups in total. The Morgan fingerprint density at radius 1 is 1.14 bits per heavy atom. The van der Waals surface area contributed by atoms with Crippen molar-refractivity contribution in [3.8, 4) is 5.75 Å². The lowest BCUT2D eigenvalue weighted by atomic mass is 9.94. The van der Waals surface area contributed by atoms with Gasteiger partial charge >= 0.3 is 0 Å². The number of hydrogen-bond donors (Lipinski definition) is 1. The second-order valence-electron chi connectivity index (χ2n) is 5.29. The Hall–Kier alpha value is -1.87. The summed E-state index contributed by atoms with van der Waals surface area (Å²) in [5, 5.41) is 0. The van der Waals surface area contributed by atoms with Crippen molar-refractivity contribution in [1.29, 1.82) is 0 Å². The average Bonchev–Trinajstić information content (AvgIpc) is 2.49. The van der Waals surface area contributed by atoms with Crippen LogP contribution in [0.1, 0.15) is 29.9 Å². The lowest BCUT2D eigenvalue weighted by molar-refractivity contribution is 0.300. The lowest BCUT2D eigenvalue weighted by Crippen LogP contribution is -2.13. The molecule has 0 saturated heterocycles. The number of aryl methyl sites for hydroxylation is 1. The Morgan fingerprint density at radius 3 is 2.57 bits per heavy atom. The van der Waals surface area contributed by atoms with Crippen LogP contribution in [-0.4, -0.2) is 13.2 Å². The van der Waals surface area contributed by atoms with Crippen LogP contribution in [-0.2, 0) is 0 Å². The zero-order valence-corrected chi connectivity index (χ0v) is 12.4. The summed E-state index contributed by atoms with van der Waals surface area (Å²) in [7, 11) is 0. The zero-order valence-electron chi connectivity index (χ0n) is 12.4. The van der Waals surface area contributed by atoms with Gasteiger partial charge in [0, 0.05) is 6.07 Å². The fraction of sp³-hybridized carbons (Fsp3) is 0.333. The summed E-state index contributed by atoms with van der Waals surface area (Å²) in [6, 6.07) is 14.7. The smallest absolute Gasteiger partial charge is 0.126 e. The summed E-state index contributed by atoms with van der Waals surface area (Å²) in [5.74, 6) is 0.656. The van der Waals surface area contributed by atoms with Gasteiger partial charge in [0.1, 0.15) is 11.6 Å². The molecule has 1 atom stereocenters. The lowest BCUT2D eigenvalue weighted by Gasteiger charge is -2.15. The van der Waals surface area contributed by atoms with Crippen molar-refractivity contribution in [3.63, 3.8) is 0 Å². The number of rotatable bonds is 7. The van der Waals surface area contributed by atoms with Crippen LogP contribution in [0.4, 0.5) is 4.39 Å². The highest BCUT2D eigenvalue weighted by atomic mass is 19.1. The van der Waals surface area contributed by atoms with Crippen molar-refractivity contribution in [3.05, 3.63) is 65.5 Å².